The average Bonchev–Trinajstić information content (AvgIpc) is 2.62. The molecule has 1 aromatic rings. The van der Waals surface area contributed by atoms with Gasteiger partial charge in [0.05, 0.1) is 4.90 Å². The first-order chi connectivity index (χ1) is 11.5. The Morgan fingerprint density at radius 3 is 2.50 bits per heavy atom. The van der Waals surface area contributed by atoms with Crippen LogP contribution in [0.3, 0.4) is 0 Å². The smallest absolute Gasteiger partial charge is 0.243 e. The van der Waals surface area contributed by atoms with Crippen LogP contribution in [0.2, 0.25) is 0 Å². The molecule has 1 aromatic carbocycles. The normalized spacial score (nSPS) is 26.3. The van der Waals surface area contributed by atoms with Crippen LogP contribution in [-0.2, 0) is 14.8 Å². The molecule has 2 saturated heterocycles. The van der Waals surface area contributed by atoms with Crippen LogP contribution in [0.25, 0.3) is 0 Å². The van der Waals surface area contributed by atoms with Gasteiger partial charge < -0.3 is 10.6 Å². The van der Waals surface area contributed by atoms with Crippen LogP contribution in [0.1, 0.15) is 32.1 Å². The summed E-state index contributed by atoms with van der Waals surface area (Å²) in [5.41, 5.74) is 5.98. The first kappa shape index (κ1) is 17.4. The average molecular weight is 351 g/mol. The van der Waals surface area contributed by atoms with Gasteiger partial charge in [-0.25, -0.2) is 8.42 Å². The van der Waals surface area contributed by atoms with Gasteiger partial charge in [0.1, 0.15) is 6.04 Å². The Labute approximate surface area is 143 Å². The van der Waals surface area contributed by atoms with Crippen LogP contribution >= 0.6 is 0 Å². The number of hydrogen-bond acceptors (Lipinski definition) is 4. The van der Waals surface area contributed by atoms with Crippen molar-refractivity contribution in [2.75, 3.05) is 19.6 Å². The highest BCUT2D eigenvalue weighted by atomic mass is 32.2. The van der Waals surface area contributed by atoms with E-state index < -0.39 is 16.1 Å². The zero-order valence-corrected chi connectivity index (χ0v) is 14.6. The highest BCUT2D eigenvalue weighted by Crippen LogP contribution is 2.27. The van der Waals surface area contributed by atoms with Crippen molar-refractivity contribution in [3.63, 3.8) is 0 Å². The number of benzene rings is 1. The molecule has 24 heavy (non-hydrogen) atoms. The zero-order chi connectivity index (χ0) is 17.2. The number of amides is 1. The first-order valence-corrected chi connectivity index (χ1v) is 10.1. The van der Waals surface area contributed by atoms with E-state index in [9.17, 15) is 13.2 Å². The molecule has 2 N–H and O–H groups in total. The maximum atomic E-state index is 13.0. The third-order valence-corrected chi connectivity index (χ3v) is 6.78. The summed E-state index contributed by atoms with van der Waals surface area (Å²) in [5, 5.41) is 0. The van der Waals surface area contributed by atoms with Crippen LogP contribution in [0.4, 0.5) is 0 Å². The summed E-state index contributed by atoms with van der Waals surface area (Å²) >= 11 is 0. The van der Waals surface area contributed by atoms with Gasteiger partial charge in [0.2, 0.25) is 15.9 Å². The van der Waals surface area contributed by atoms with Crippen LogP contribution < -0.4 is 5.73 Å². The number of likely N-dealkylation sites (tertiary alicyclic amines) is 1. The molecule has 0 saturated carbocycles. The molecule has 2 unspecified atom stereocenters. The van der Waals surface area contributed by atoms with Gasteiger partial charge in [0.15, 0.2) is 0 Å². The van der Waals surface area contributed by atoms with Gasteiger partial charge in [-0.1, -0.05) is 24.6 Å². The van der Waals surface area contributed by atoms with E-state index in [2.05, 4.69) is 0 Å². The van der Waals surface area contributed by atoms with Gasteiger partial charge in [0.25, 0.3) is 0 Å². The fourth-order valence-corrected chi connectivity index (χ4v) is 5.26. The Morgan fingerprint density at radius 2 is 1.79 bits per heavy atom. The summed E-state index contributed by atoms with van der Waals surface area (Å²) in [7, 11) is -3.65. The quantitative estimate of drug-likeness (QED) is 0.886. The minimum absolute atomic E-state index is 0.00882. The molecule has 132 valence electrons. The summed E-state index contributed by atoms with van der Waals surface area (Å²) in [6.45, 7) is 1.59. The number of sulfonamides is 1. The Bertz CT molecular complexity index is 678. The van der Waals surface area contributed by atoms with E-state index in [-0.39, 0.29) is 16.8 Å². The Hall–Kier alpha value is -1.44. The number of nitrogens with two attached hydrogens (primary N) is 1. The predicted molar refractivity (Wildman–Crippen MR) is 91.8 cm³/mol. The lowest BCUT2D eigenvalue weighted by molar-refractivity contribution is -0.137. The Morgan fingerprint density at radius 1 is 1.04 bits per heavy atom. The monoisotopic (exact) mass is 351 g/mol. The molecule has 1 amide bonds. The topological polar surface area (TPSA) is 83.7 Å². The van der Waals surface area contributed by atoms with Crippen LogP contribution in [0.15, 0.2) is 35.2 Å². The molecule has 0 bridgehead atoms. The van der Waals surface area contributed by atoms with E-state index in [1.165, 1.54) is 4.31 Å². The first-order valence-electron chi connectivity index (χ1n) is 8.61. The van der Waals surface area contributed by atoms with Gasteiger partial charge in [-0.15, -0.1) is 0 Å². The molecular weight excluding hydrogens is 326 g/mol. The minimum atomic E-state index is -3.65. The number of piperidine rings is 2. The lowest BCUT2D eigenvalue weighted by Gasteiger charge is -2.39. The third kappa shape index (κ3) is 3.48. The van der Waals surface area contributed by atoms with E-state index in [0.717, 1.165) is 25.7 Å². The van der Waals surface area contributed by atoms with Crippen molar-refractivity contribution in [2.24, 2.45) is 5.73 Å². The molecule has 6 nitrogen and oxygen atoms in total. The minimum Gasteiger partial charge on any atom is -0.340 e. The van der Waals surface area contributed by atoms with Gasteiger partial charge >= 0.3 is 0 Å². The van der Waals surface area contributed by atoms with E-state index in [1.54, 1.807) is 35.2 Å². The summed E-state index contributed by atoms with van der Waals surface area (Å²) in [5.74, 6) is -0.0932. The van der Waals surface area contributed by atoms with Gasteiger partial charge in [0, 0.05) is 25.7 Å². The van der Waals surface area contributed by atoms with Crippen molar-refractivity contribution < 1.29 is 13.2 Å². The van der Waals surface area contributed by atoms with Gasteiger partial charge in [-0.05, 0) is 37.8 Å². The molecule has 2 fully saturated rings. The molecule has 2 aliphatic heterocycles. The second-order valence-electron chi connectivity index (χ2n) is 6.63. The molecule has 0 aromatic heterocycles. The fourth-order valence-electron chi connectivity index (χ4n) is 3.59. The largest absolute Gasteiger partial charge is 0.340 e. The fraction of sp³-hybridized carbons (Fsp3) is 0.588. The summed E-state index contributed by atoms with van der Waals surface area (Å²) < 4.78 is 27.4. The maximum Gasteiger partial charge on any atom is 0.243 e. The van der Waals surface area contributed by atoms with Crippen LogP contribution in [-0.4, -0.2) is 55.2 Å². The van der Waals surface area contributed by atoms with E-state index in [0.29, 0.717) is 26.1 Å². The lowest BCUT2D eigenvalue weighted by Crippen LogP contribution is -2.56. The van der Waals surface area contributed by atoms with Crippen LogP contribution in [0, 0.1) is 0 Å². The zero-order valence-electron chi connectivity index (χ0n) is 13.8. The third-order valence-electron chi connectivity index (χ3n) is 4.86. The van der Waals surface area contributed by atoms with Crippen molar-refractivity contribution in [1.82, 2.24) is 9.21 Å². The standard InChI is InChI=1S/C17H25N3O3S/c18-14-7-6-11-19(13-14)17(21)16-10-4-5-12-20(16)24(22,23)15-8-2-1-3-9-15/h1-3,8-9,14,16H,4-7,10-13,18H2. The molecular formula is C17H25N3O3S. The highest BCUT2D eigenvalue weighted by Gasteiger charge is 2.40. The number of carbonyl (C=O) groups excluding carboxylic acids is 1. The molecule has 0 spiro atoms. The van der Waals surface area contributed by atoms with Crippen molar-refractivity contribution >= 4 is 15.9 Å². The SMILES string of the molecule is NC1CCCN(C(=O)C2CCCCN2S(=O)(=O)c2ccccc2)C1. The predicted octanol–water partition coefficient (Wildman–Crippen LogP) is 1.18. The Kier molecular flexibility index (Phi) is 5.22. The molecule has 7 heteroatoms. The second-order valence-corrected chi connectivity index (χ2v) is 8.52. The molecule has 2 aliphatic rings. The lowest BCUT2D eigenvalue weighted by atomic mass is 10.0. The maximum absolute atomic E-state index is 13.0. The van der Waals surface area contributed by atoms with Crippen molar-refractivity contribution in [3.05, 3.63) is 30.3 Å². The molecule has 3 rings (SSSR count). The van der Waals surface area contributed by atoms with Crippen molar-refractivity contribution in [1.29, 1.82) is 0 Å². The number of hydrogen-bond donors (Lipinski definition) is 1. The molecule has 2 atom stereocenters. The van der Waals surface area contributed by atoms with E-state index >= 15 is 0 Å². The van der Waals surface area contributed by atoms with Crippen molar-refractivity contribution in [2.45, 2.75) is 49.1 Å². The molecule has 0 radical (unpaired) electrons. The number of rotatable bonds is 3. The number of carbonyl (C=O) groups is 1. The van der Waals surface area contributed by atoms with E-state index in [1.807, 2.05) is 0 Å². The van der Waals surface area contributed by atoms with Gasteiger partial charge in [-0.2, -0.15) is 4.31 Å². The summed E-state index contributed by atoms with van der Waals surface area (Å²) in [6.07, 6.45) is 4.04. The molecule has 0 aliphatic carbocycles. The van der Waals surface area contributed by atoms with Gasteiger partial charge in [-0.3, -0.25) is 4.79 Å². The highest BCUT2D eigenvalue weighted by molar-refractivity contribution is 7.89. The summed E-state index contributed by atoms with van der Waals surface area (Å²) in [6, 6.07) is 7.76. The van der Waals surface area contributed by atoms with Crippen LogP contribution in [0.5, 0.6) is 0 Å². The van der Waals surface area contributed by atoms with E-state index in [4.69, 9.17) is 5.73 Å². The summed E-state index contributed by atoms with van der Waals surface area (Å²) in [4.78, 5) is 14.9. The second kappa shape index (κ2) is 7.21. The number of nitrogens with zero attached hydrogens (tertiary/aromatic N) is 2. The Balaban J connectivity index is 1.84. The van der Waals surface area contributed by atoms with Crippen molar-refractivity contribution in [3.8, 4) is 0 Å². The molecule has 2 heterocycles.